The number of rotatable bonds is 1. The third-order valence-corrected chi connectivity index (χ3v) is 2.49. The summed E-state index contributed by atoms with van der Waals surface area (Å²) in [5.74, 6) is -1.12. The van der Waals surface area contributed by atoms with Gasteiger partial charge >= 0.3 is 12.1 Å². The minimum Gasteiger partial charge on any atom is -0.480 e. The van der Waals surface area contributed by atoms with Crippen molar-refractivity contribution in [1.82, 2.24) is 4.90 Å². The molecule has 0 spiro atoms. The standard InChI is InChI=1S/C11H19NO5/c1-11(2,3)17-10(16)12-5-4-7(13)6-8(12)9(14)15/h7-8,13H,4-6H2,1-3H3,(H,14,15)/t7?,8-/m1/s1. The maximum atomic E-state index is 11.8. The molecule has 1 rings (SSSR count). The molecule has 1 amide bonds. The maximum absolute atomic E-state index is 11.8. The van der Waals surface area contributed by atoms with Gasteiger partial charge in [-0.3, -0.25) is 4.90 Å². The van der Waals surface area contributed by atoms with E-state index in [1.165, 1.54) is 4.90 Å². The fourth-order valence-electron chi connectivity index (χ4n) is 1.72. The van der Waals surface area contributed by atoms with Crippen LogP contribution in [0, 0.1) is 0 Å². The molecule has 98 valence electrons. The Morgan fingerprint density at radius 2 is 1.94 bits per heavy atom. The van der Waals surface area contributed by atoms with Crippen molar-refractivity contribution in [1.29, 1.82) is 0 Å². The zero-order chi connectivity index (χ0) is 13.2. The van der Waals surface area contributed by atoms with Crippen molar-refractivity contribution in [3.8, 4) is 0 Å². The van der Waals surface area contributed by atoms with Crippen LogP contribution in [0.15, 0.2) is 0 Å². The molecule has 1 saturated heterocycles. The molecule has 6 nitrogen and oxygen atoms in total. The molecule has 6 heteroatoms. The summed E-state index contributed by atoms with van der Waals surface area (Å²) in [6.45, 7) is 5.37. The second-order valence-electron chi connectivity index (χ2n) is 5.21. The van der Waals surface area contributed by atoms with Gasteiger partial charge in [-0.2, -0.15) is 0 Å². The smallest absolute Gasteiger partial charge is 0.411 e. The molecule has 1 aliphatic rings. The molecule has 0 aliphatic carbocycles. The van der Waals surface area contributed by atoms with Crippen LogP contribution >= 0.6 is 0 Å². The third kappa shape index (κ3) is 3.89. The molecule has 0 aromatic carbocycles. The molecule has 17 heavy (non-hydrogen) atoms. The summed E-state index contributed by atoms with van der Waals surface area (Å²) in [5, 5.41) is 18.4. The maximum Gasteiger partial charge on any atom is 0.411 e. The summed E-state index contributed by atoms with van der Waals surface area (Å²) in [6, 6.07) is -1.01. The van der Waals surface area contributed by atoms with E-state index < -0.39 is 29.8 Å². The number of aliphatic hydroxyl groups is 1. The fourth-order valence-corrected chi connectivity index (χ4v) is 1.72. The highest BCUT2D eigenvalue weighted by molar-refractivity contribution is 5.80. The van der Waals surface area contributed by atoms with Crippen LogP contribution in [-0.2, 0) is 9.53 Å². The van der Waals surface area contributed by atoms with E-state index in [4.69, 9.17) is 9.84 Å². The van der Waals surface area contributed by atoms with Gasteiger partial charge in [0.1, 0.15) is 11.6 Å². The average molecular weight is 245 g/mol. The van der Waals surface area contributed by atoms with Crippen molar-refractivity contribution >= 4 is 12.1 Å². The Morgan fingerprint density at radius 1 is 1.35 bits per heavy atom. The average Bonchev–Trinajstić information content (AvgIpc) is 2.14. The van der Waals surface area contributed by atoms with E-state index in [1.54, 1.807) is 20.8 Å². The Kier molecular flexibility index (Phi) is 3.98. The van der Waals surface area contributed by atoms with Gasteiger partial charge in [-0.05, 0) is 27.2 Å². The van der Waals surface area contributed by atoms with Crippen molar-refractivity contribution in [2.75, 3.05) is 6.54 Å². The Bertz CT molecular complexity index is 309. The van der Waals surface area contributed by atoms with Crippen LogP contribution in [0.25, 0.3) is 0 Å². The first-order valence-corrected chi connectivity index (χ1v) is 5.61. The number of piperidine rings is 1. The number of likely N-dealkylation sites (tertiary alicyclic amines) is 1. The molecular weight excluding hydrogens is 226 g/mol. The number of ether oxygens (including phenoxy) is 1. The van der Waals surface area contributed by atoms with Crippen molar-refractivity contribution in [3.63, 3.8) is 0 Å². The molecule has 0 saturated carbocycles. The molecule has 1 heterocycles. The van der Waals surface area contributed by atoms with Gasteiger partial charge in [-0.25, -0.2) is 9.59 Å². The van der Waals surface area contributed by atoms with Crippen LogP contribution in [0.1, 0.15) is 33.6 Å². The first-order chi connectivity index (χ1) is 7.70. The van der Waals surface area contributed by atoms with Gasteiger partial charge in [0.05, 0.1) is 6.10 Å². The molecule has 2 atom stereocenters. The van der Waals surface area contributed by atoms with E-state index >= 15 is 0 Å². The van der Waals surface area contributed by atoms with Crippen molar-refractivity contribution in [2.24, 2.45) is 0 Å². The normalized spacial score (nSPS) is 25.5. The van der Waals surface area contributed by atoms with Crippen molar-refractivity contribution in [3.05, 3.63) is 0 Å². The third-order valence-electron chi connectivity index (χ3n) is 2.49. The van der Waals surface area contributed by atoms with Crippen LogP contribution in [0.5, 0.6) is 0 Å². The zero-order valence-corrected chi connectivity index (χ0v) is 10.3. The largest absolute Gasteiger partial charge is 0.480 e. The molecular formula is C11H19NO5. The lowest BCUT2D eigenvalue weighted by Crippen LogP contribution is -2.52. The minimum atomic E-state index is -1.12. The summed E-state index contributed by atoms with van der Waals surface area (Å²) in [4.78, 5) is 24.0. The highest BCUT2D eigenvalue weighted by Crippen LogP contribution is 2.20. The highest BCUT2D eigenvalue weighted by atomic mass is 16.6. The molecule has 2 N–H and O–H groups in total. The summed E-state index contributed by atoms with van der Waals surface area (Å²) in [5.41, 5.74) is -0.657. The number of carbonyl (C=O) groups excluding carboxylic acids is 1. The first-order valence-electron chi connectivity index (χ1n) is 5.61. The molecule has 1 unspecified atom stereocenters. The van der Waals surface area contributed by atoms with Crippen LogP contribution in [0.4, 0.5) is 4.79 Å². The lowest BCUT2D eigenvalue weighted by Gasteiger charge is -2.36. The van der Waals surface area contributed by atoms with Crippen LogP contribution in [0.2, 0.25) is 0 Å². The number of carboxylic acids is 1. The van der Waals surface area contributed by atoms with Gasteiger partial charge in [0.2, 0.25) is 0 Å². The number of aliphatic carboxylic acids is 1. The van der Waals surface area contributed by atoms with Gasteiger partial charge in [-0.15, -0.1) is 0 Å². The van der Waals surface area contributed by atoms with Crippen molar-refractivity contribution < 1.29 is 24.5 Å². The highest BCUT2D eigenvalue weighted by Gasteiger charge is 2.37. The molecule has 1 fully saturated rings. The van der Waals surface area contributed by atoms with Gasteiger partial charge < -0.3 is 14.9 Å². The SMILES string of the molecule is CC(C)(C)OC(=O)N1CCC(O)C[C@@H]1C(=O)O. The summed E-state index contributed by atoms with van der Waals surface area (Å²) in [7, 11) is 0. The predicted octanol–water partition coefficient (Wildman–Crippen LogP) is 0.831. The monoisotopic (exact) mass is 245 g/mol. The van der Waals surface area contributed by atoms with E-state index in [-0.39, 0.29) is 13.0 Å². The second-order valence-corrected chi connectivity index (χ2v) is 5.21. The zero-order valence-electron chi connectivity index (χ0n) is 10.3. The first kappa shape index (κ1) is 13.8. The molecule has 0 radical (unpaired) electrons. The van der Waals surface area contributed by atoms with E-state index in [1.807, 2.05) is 0 Å². The number of aliphatic hydroxyl groups excluding tert-OH is 1. The quantitative estimate of drug-likeness (QED) is 0.714. The van der Waals surface area contributed by atoms with E-state index in [0.29, 0.717) is 6.42 Å². The Labute approximate surface area is 100 Å². The molecule has 0 aromatic heterocycles. The molecule has 0 bridgehead atoms. The lowest BCUT2D eigenvalue weighted by atomic mass is 10.0. The van der Waals surface area contributed by atoms with Crippen LogP contribution < -0.4 is 0 Å². The number of hydrogen-bond donors (Lipinski definition) is 2. The second kappa shape index (κ2) is 4.91. The van der Waals surface area contributed by atoms with Crippen LogP contribution in [-0.4, -0.2) is 51.5 Å². The fraction of sp³-hybridized carbons (Fsp3) is 0.818. The Morgan fingerprint density at radius 3 is 2.41 bits per heavy atom. The number of amides is 1. The number of carboxylic acid groups (broad SMARTS) is 1. The van der Waals surface area contributed by atoms with Crippen LogP contribution in [0.3, 0.4) is 0 Å². The minimum absolute atomic E-state index is 0.0502. The van der Waals surface area contributed by atoms with Gasteiger partial charge in [0.15, 0.2) is 0 Å². The van der Waals surface area contributed by atoms with Gasteiger partial charge in [0.25, 0.3) is 0 Å². The molecule has 1 aliphatic heterocycles. The summed E-state index contributed by atoms with van der Waals surface area (Å²) < 4.78 is 5.13. The Balaban J connectivity index is 2.73. The van der Waals surface area contributed by atoms with Crippen molar-refractivity contribution in [2.45, 2.75) is 51.4 Å². The Hall–Kier alpha value is -1.30. The van der Waals surface area contributed by atoms with E-state index in [0.717, 1.165) is 0 Å². The lowest BCUT2D eigenvalue weighted by molar-refractivity contribution is -0.146. The van der Waals surface area contributed by atoms with Gasteiger partial charge in [0, 0.05) is 13.0 Å². The topological polar surface area (TPSA) is 87.1 Å². The number of carbonyl (C=O) groups is 2. The summed E-state index contributed by atoms with van der Waals surface area (Å²) in [6.07, 6.45) is -0.885. The van der Waals surface area contributed by atoms with E-state index in [9.17, 15) is 14.7 Å². The number of nitrogens with zero attached hydrogens (tertiary/aromatic N) is 1. The van der Waals surface area contributed by atoms with Gasteiger partial charge in [-0.1, -0.05) is 0 Å². The molecule has 0 aromatic rings. The van der Waals surface area contributed by atoms with E-state index in [2.05, 4.69) is 0 Å². The predicted molar refractivity (Wildman–Crippen MR) is 59.6 cm³/mol. The number of hydrogen-bond acceptors (Lipinski definition) is 4. The summed E-state index contributed by atoms with van der Waals surface area (Å²) >= 11 is 0.